The predicted octanol–water partition coefficient (Wildman–Crippen LogP) is 8.88. The van der Waals surface area contributed by atoms with Crippen molar-refractivity contribution in [3.8, 4) is 5.75 Å². The zero-order valence-corrected chi connectivity index (χ0v) is 28.7. The van der Waals surface area contributed by atoms with Crippen molar-refractivity contribution in [2.24, 2.45) is 5.92 Å². The van der Waals surface area contributed by atoms with Crippen LogP contribution in [-0.2, 0) is 20.8 Å². The van der Waals surface area contributed by atoms with E-state index in [1.807, 2.05) is 43.3 Å². The molecule has 0 bridgehead atoms. The van der Waals surface area contributed by atoms with Crippen LogP contribution in [0.5, 0.6) is 5.75 Å². The van der Waals surface area contributed by atoms with Crippen molar-refractivity contribution < 1.29 is 19.2 Å². The van der Waals surface area contributed by atoms with Crippen molar-refractivity contribution in [2.75, 3.05) is 49.3 Å². The number of unbranched alkanes of at least 4 members (excludes halogenated alkanes) is 8. The minimum Gasteiger partial charge on any atom is -0.494 e. The first-order valence-corrected chi connectivity index (χ1v) is 17.8. The van der Waals surface area contributed by atoms with Gasteiger partial charge < -0.3 is 14.5 Å². The highest BCUT2D eigenvalue weighted by molar-refractivity contribution is 6.43. The van der Waals surface area contributed by atoms with Gasteiger partial charge in [0.05, 0.1) is 33.9 Å². The highest BCUT2D eigenvalue weighted by Crippen LogP contribution is 2.34. The molecule has 7 nitrogen and oxygen atoms in total. The molecule has 0 aromatic heterocycles. The molecule has 248 valence electrons. The third-order valence-corrected chi connectivity index (χ3v) is 9.78. The SMILES string of the molecule is CCCCCCCCCCC(C)C(=O)ON1C(=O)CCc2ccc(OCCCCN3CCN(c4cccc(Cl)c4Cl)CC3)cc21. The van der Waals surface area contributed by atoms with Gasteiger partial charge in [0, 0.05) is 38.7 Å². The van der Waals surface area contributed by atoms with Crippen LogP contribution < -0.4 is 14.7 Å². The number of hydrogen-bond donors (Lipinski definition) is 0. The molecule has 4 rings (SSSR count). The predicted molar refractivity (Wildman–Crippen MR) is 185 cm³/mol. The van der Waals surface area contributed by atoms with Gasteiger partial charge in [-0.25, -0.2) is 4.79 Å². The van der Waals surface area contributed by atoms with Gasteiger partial charge in [0.2, 0.25) is 0 Å². The maximum Gasteiger partial charge on any atom is 0.335 e. The highest BCUT2D eigenvalue weighted by Gasteiger charge is 2.30. The third-order valence-electron chi connectivity index (χ3n) is 8.97. The lowest BCUT2D eigenvalue weighted by molar-refractivity contribution is -0.154. The zero-order valence-electron chi connectivity index (χ0n) is 27.2. The summed E-state index contributed by atoms with van der Waals surface area (Å²) in [6.07, 6.45) is 13.5. The Balaban J connectivity index is 1.16. The number of hydrogen-bond acceptors (Lipinski definition) is 6. The molecule has 1 saturated heterocycles. The lowest BCUT2D eigenvalue weighted by Crippen LogP contribution is -2.46. The Morgan fingerprint density at radius 2 is 1.60 bits per heavy atom. The topological polar surface area (TPSA) is 62.3 Å². The minimum absolute atomic E-state index is 0.190. The molecule has 0 spiro atoms. The molecule has 1 amide bonds. The van der Waals surface area contributed by atoms with Gasteiger partial charge in [-0.2, -0.15) is 0 Å². The number of ether oxygens (including phenoxy) is 1. The van der Waals surface area contributed by atoms with E-state index in [-0.39, 0.29) is 17.8 Å². The second-order valence-corrected chi connectivity index (χ2v) is 13.3. The summed E-state index contributed by atoms with van der Waals surface area (Å²) < 4.78 is 6.07. The molecular weight excluding hydrogens is 609 g/mol. The summed E-state index contributed by atoms with van der Waals surface area (Å²) in [5.41, 5.74) is 2.61. The number of benzene rings is 2. The fraction of sp³-hybridized carbons (Fsp3) is 0.611. The monoisotopic (exact) mass is 659 g/mol. The summed E-state index contributed by atoms with van der Waals surface area (Å²) in [4.78, 5) is 36.2. The molecule has 2 heterocycles. The largest absolute Gasteiger partial charge is 0.494 e. The first-order chi connectivity index (χ1) is 21.9. The standard InChI is InChI=1S/C36H51Cl2N3O4/c1-3-4-5-6-7-8-9-10-14-28(2)36(43)45-41-33-27-30(19-17-29(33)18-20-34(41)42)44-26-12-11-21-39-22-24-40(25-23-39)32-16-13-15-31(37)35(32)38/h13,15-17,19,27-28H,3-12,14,18,20-26H2,1-2H3. The Labute approximate surface area is 280 Å². The van der Waals surface area contributed by atoms with E-state index in [9.17, 15) is 9.59 Å². The van der Waals surface area contributed by atoms with E-state index in [0.29, 0.717) is 40.9 Å². The van der Waals surface area contributed by atoms with Crippen LogP contribution in [0, 0.1) is 5.92 Å². The number of hydroxylamine groups is 1. The van der Waals surface area contributed by atoms with Gasteiger partial charge in [-0.15, -0.1) is 5.06 Å². The van der Waals surface area contributed by atoms with Crippen LogP contribution in [0.25, 0.3) is 0 Å². The summed E-state index contributed by atoms with van der Waals surface area (Å²) in [7, 11) is 0. The van der Waals surface area contributed by atoms with E-state index < -0.39 is 0 Å². The molecule has 2 aliphatic heterocycles. The van der Waals surface area contributed by atoms with Crippen molar-refractivity contribution in [2.45, 2.75) is 97.3 Å². The summed E-state index contributed by atoms with van der Waals surface area (Å²) in [6.45, 7) is 9.53. The smallest absolute Gasteiger partial charge is 0.335 e. The summed E-state index contributed by atoms with van der Waals surface area (Å²) in [6, 6.07) is 11.6. The van der Waals surface area contributed by atoms with Crippen molar-refractivity contribution in [3.63, 3.8) is 0 Å². The number of aryl methyl sites for hydroxylation is 1. The maximum atomic E-state index is 12.9. The number of piperazine rings is 1. The molecule has 1 atom stereocenters. The van der Waals surface area contributed by atoms with Gasteiger partial charge >= 0.3 is 5.97 Å². The average Bonchev–Trinajstić information content (AvgIpc) is 3.05. The molecular formula is C36H51Cl2N3O4. The number of carbonyl (C=O) groups excluding carboxylic acids is 2. The van der Waals surface area contributed by atoms with Crippen LogP contribution in [0.15, 0.2) is 36.4 Å². The molecule has 0 radical (unpaired) electrons. The lowest BCUT2D eigenvalue weighted by Gasteiger charge is -2.36. The number of nitrogens with zero attached hydrogens (tertiary/aromatic N) is 3. The van der Waals surface area contributed by atoms with Crippen molar-refractivity contribution in [3.05, 3.63) is 52.0 Å². The third kappa shape index (κ3) is 10.8. The number of carbonyl (C=O) groups is 2. The van der Waals surface area contributed by atoms with Crippen molar-refractivity contribution >= 4 is 46.5 Å². The van der Waals surface area contributed by atoms with Crippen LogP contribution in [0.1, 0.15) is 96.5 Å². The molecule has 45 heavy (non-hydrogen) atoms. The Morgan fingerprint density at radius 1 is 0.867 bits per heavy atom. The molecule has 1 fully saturated rings. The van der Waals surface area contributed by atoms with Gasteiger partial charge in [-0.05, 0) is 56.0 Å². The normalized spacial score (nSPS) is 16.0. The van der Waals surface area contributed by atoms with E-state index in [1.54, 1.807) is 0 Å². The van der Waals surface area contributed by atoms with Crippen molar-refractivity contribution in [1.82, 2.24) is 4.90 Å². The Kier molecular flexibility index (Phi) is 14.6. The van der Waals surface area contributed by atoms with E-state index >= 15 is 0 Å². The quantitative estimate of drug-likeness (QED) is 0.149. The molecule has 9 heteroatoms. The Hall–Kier alpha value is -2.48. The molecule has 0 aliphatic carbocycles. The molecule has 2 aromatic carbocycles. The maximum absolute atomic E-state index is 12.9. The molecule has 0 saturated carbocycles. The van der Waals surface area contributed by atoms with Crippen LogP contribution in [0.2, 0.25) is 10.0 Å². The fourth-order valence-corrected chi connectivity index (χ4v) is 6.49. The van der Waals surface area contributed by atoms with E-state index in [0.717, 1.165) is 76.1 Å². The molecule has 0 N–H and O–H groups in total. The van der Waals surface area contributed by atoms with E-state index in [2.05, 4.69) is 16.7 Å². The first kappa shape index (κ1) is 35.4. The number of amides is 1. The Bertz CT molecular complexity index is 1230. The van der Waals surface area contributed by atoms with Crippen LogP contribution in [0.3, 0.4) is 0 Å². The second-order valence-electron chi connectivity index (χ2n) is 12.5. The van der Waals surface area contributed by atoms with Crippen LogP contribution in [-0.4, -0.2) is 56.1 Å². The average molecular weight is 661 g/mol. The van der Waals surface area contributed by atoms with Gasteiger partial charge in [0.1, 0.15) is 5.75 Å². The van der Waals surface area contributed by atoms with Gasteiger partial charge in [-0.1, -0.05) is 101 Å². The summed E-state index contributed by atoms with van der Waals surface area (Å²) in [5, 5.41) is 2.42. The number of anilines is 2. The van der Waals surface area contributed by atoms with Gasteiger partial charge in [-0.3, -0.25) is 9.69 Å². The van der Waals surface area contributed by atoms with E-state index in [1.165, 1.54) is 43.6 Å². The highest BCUT2D eigenvalue weighted by atomic mass is 35.5. The van der Waals surface area contributed by atoms with Gasteiger partial charge in [0.25, 0.3) is 5.91 Å². The first-order valence-electron chi connectivity index (χ1n) is 17.1. The molecule has 2 aliphatic rings. The van der Waals surface area contributed by atoms with Crippen molar-refractivity contribution in [1.29, 1.82) is 0 Å². The van der Waals surface area contributed by atoms with E-state index in [4.69, 9.17) is 32.8 Å². The van der Waals surface area contributed by atoms with Crippen LogP contribution in [0.4, 0.5) is 11.4 Å². The number of fused-ring (bicyclic) bond motifs is 1. The van der Waals surface area contributed by atoms with Crippen LogP contribution >= 0.6 is 23.2 Å². The van der Waals surface area contributed by atoms with Gasteiger partial charge in [0.15, 0.2) is 0 Å². The fourth-order valence-electron chi connectivity index (χ4n) is 6.07. The summed E-state index contributed by atoms with van der Waals surface area (Å²) >= 11 is 12.6. The molecule has 1 unspecified atom stereocenters. The zero-order chi connectivity index (χ0) is 32.0. The number of rotatable bonds is 18. The number of halogens is 2. The summed E-state index contributed by atoms with van der Waals surface area (Å²) in [5.74, 6) is -0.101. The molecule has 2 aromatic rings. The minimum atomic E-state index is -0.345. The second kappa shape index (κ2) is 18.6. The lowest BCUT2D eigenvalue weighted by atomic mass is 10.0. The Morgan fingerprint density at radius 3 is 2.36 bits per heavy atom.